The Kier molecular flexibility index (Phi) is 15.0. The number of aliphatic hydroxyl groups is 1. The average molecular weight is 931 g/mol. The lowest BCUT2D eigenvalue weighted by Gasteiger charge is -2.37. The Morgan fingerprint density at radius 3 is 1.69 bits per heavy atom. The maximum atomic E-state index is 13.5. The smallest absolute Gasteiger partial charge is 0.330 e. The van der Waals surface area contributed by atoms with E-state index in [1.165, 1.54) is 11.1 Å². The average Bonchev–Trinajstić information content (AvgIpc) is 3.27. The predicted molar refractivity (Wildman–Crippen MR) is 251 cm³/mol. The van der Waals surface area contributed by atoms with Crippen molar-refractivity contribution in [3.05, 3.63) is 118 Å². The number of para-hydroxylation sites is 2. The van der Waals surface area contributed by atoms with Crippen molar-refractivity contribution in [1.29, 1.82) is 0 Å². The second-order valence-corrected chi connectivity index (χ2v) is 19.2. The van der Waals surface area contributed by atoms with E-state index < -0.39 is 9.84 Å². The van der Waals surface area contributed by atoms with Crippen molar-refractivity contribution in [3.63, 3.8) is 0 Å². The molecule has 1 aliphatic carbocycles. The van der Waals surface area contributed by atoms with E-state index in [9.17, 15) is 23.1 Å². The second kappa shape index (κ2) is 20.6. The van der Waals surface area contributed by atoms with Gasteiger partial charge in [0.05, 0.1) is 46.4 Å². The molecule has 0 radical (unpaired) electrons. The molecule has 0 bridgehead atoms. The van der Waals surface area contributed by atoms with E-state index >= 15 is 0 Å². The van der Waals surface area contributed by atoms with E-state index in [-0.39, 0.29) is 41.7 Å². The van der Waals surface area contributed by atoms with E-state index in [1.807, 2.05) is 68.3 Å². The molecule has 0 spiro atoms. The van der Waals surface area contributed by atoms with Crippen molar-refractivity contribution in [2.45, 2.75) is 61.8 Å². The topological polar surface area (TPSA) is 172 Å². The Hall–Kier alpha value is -5.43. The third-order valence-electron chi connectivity index (χ3n) is 11.1. The molecule has 3 aromatic carbocycles. The second-order valence-electron chi connectivity index (χ2n) is 16.5. The van der Waals surface area contributed by atoms with Crippen LogP contribution in [0.4, 0.5) is 38.5 Å². The quantitative estimate of drug-likeness (QED) is 0.117. The van der Waals surface area contributed by atoms with Crippen LogP contribution in [0.2, 0.25) is 10.0 Å². The molecule has 4 amide bonds. The Morgan fingerprint density at radius 1 is 0.688 bits per heavy atom. The van der Waals surface area contributed by atoms with Crippen LogP contribution in [-0.2, 0) is 28.7 Å². The van der Waals surface area contributed by atoms with Gasteiger partial charge in [0.15, 0.2) is 0 Å². The molecule has 1 fully saturated rings. The number of sulfone groups is 1. The number of carbonyl (C=O) groups is 2. The monoisotopic (exact) mass is 929 g/mol. The number of aromatic nitrogens is 4. The number of carbonyl (C=O) groups excluding carboxylic acids is 2. The van der Waals surface area contributed by atoms with Crippen molar-refractivity contribution in [1.82, 2.24) is 29.7 Å². The molecule has 4 heterocycles. The van der Waals surface area contributed by atoms with Gasteiger partial charge < -0.3 is 20.2 Å². The van der Waals surface area contributed by atoms with Crippen LogP contribution >= 0.6 is 23.2 Å². The number of likely N-dealkylation sites (N-methyl/N-ethyl adjacent to an activating group) is 2. The number of anilines is 5. The number of nitrogens with zero attached hydrogens (tertiary/aromatic N) is 10. The van der Waals surface area contributed by atoms with Gasteiger partial charge in [-0.25, -0.2) is 33.0 Å². The van der Waals surface area contributed by atoms with E-state index in [4.69, 9.17) is 28.2 Å². The molecule has 0 atom stereocenters. The minimum atomic E-state index is -3.80. The lowest BCUT2D eigenvalue weighted by atomic mass is 9.93. The van der Waals surface area contributed by atoms with Gasteiger partial charge in [-0.2, -0.15) is 4.98 Å². The number of urea groups is 2. The molecule has 2 aromatic heterocycles. The van der Waals surface area contributed by atoms with Gasteiger partial charge in [-0.15, -0.1) is 0 Å². The predicted octanol–water partition coefficient (Wildman–Crippen LogP) is 6.97. The third kappa shape index (κ3) is 11.1. The SMILES string of the molecule is CN(C)CCN1C(=O)N(c2ccccc2Cl)Cc2cnc(NC3CCC(O)CC3)nc21.CN(C)CCN1C(=O)N(c2ccccc2Cl)Cc2cnc(S(=O)(=O)Cc3ccccc3)nc21. The fourth-order valence-electron chi connectivity index (χ4n) is 7.62. The summed E-state index contributed by atoms with van der Waals surface area (Å²) < 4.78 is 26.0. The molecule has 338 valence electrons. The molecule has 5 aromatic rings. The zero-order valence-corrected chi connectivity index (χ0v) is 38.6. The number of hydrogen-bond acceptors (Lipinski definition) is 12. The molecule has 1 saturated carbocycles. The van der Waals surface area contributed by atoms with E-state index in [0.29, 0.717) is 82.9 Å². The Morgan fingerprint density at radius 2 is 1.17 bits per heavy atom. The molecule has 2 N–H and O–H groups in total. The van der Waals surface area contributed by atoms with Crippen molar-refractivity contribution >= 4 is 74.1 Å². The highest BCUT2D eigenvalue weighted by Crippen LogP contribution is 2.36. The van der Waals surface area contributed by atoms with Crippen molar-refractivity contribution in [2.24, 2.45) is 0 Å². The summed E-state index contributed by atoms with van der Waals surface area (Å²) in [6, 6.07) is 23.1. The molecule has 8 rings (SSSR count). The molecule has 0 unspecified atom stereocenters. The van der Waals surface area contributed by atoms with Crippen LogP contribution in [0.3, 0.4) is 0 Å². The molecule has 2 aliphatic heterocycles. The largest absolute Gasteiger partial charge is 0.393 e. The van der Waals surface area contributed by atoms with Crippen LogP contribution in [0.1, 0.15) is 42.4 Å². The number of fused-ring (bicyclic) bond motifs is 2. The third-order valence-corrected chi connectivity index (χ3v) is 13.2. The molecule has 0 saturated heterocycles. The summed E-state index contributed by atoms with van der Waals surface area (Å²) in [5.74, 6) is 1.26. The van der Waals surface area contributed by atoms with Crippen LogP contribution in [0.25, 0.3) is 0 Å². The standard InChI is InChI=1S/C23H24ClN5O3S.C22H29ClN6O2/c1-27(2)12-13-28-21-18(15-29(23(28)30)20-11-7-6-10-19(20)24)14-25-22(26-21)33(31,32)16-17-8-4-3-5-9-17;1-27(2)11-12-28-20-15(14-29(22(28)31)19-6-4-3-5-18(19)23)13-24-21(26-20)25-16-7-9-17(30)10-8-16/h3-11,14H,12-13,15-16H2,1-2H3;3-6,13,16-17,30H,7-12,14H2,1-2H3,(H,24,25,26). The molecular weight excluding hydrogens is 878 g/mol. The number of aliphatic hydroxyl groups excluding tert-OH is 1. The molecule has 19 heteroatoms. The van der Waals surface area contributed by atoms with Gasteiger partial charge in [0.1, 0.15) is 11.6 Å². The van der Waals surface area contributed by atoms with Gasteiger partial charge >= 0.3 is 12.1 Å². The number of halogens is 2. The normalized spacial score (nSPS) is 17.6. The number of rotatable bonds is 13. The van der Waals surface area contributed by atoms with Crippen LogP contribution in [0.5, 0.6) is 0 Å². The minimum Gasteiger partial charge on any atom is -0.393 e. The van der Waals surface area contributed by atoms with Crippen molar-refractivity contribution in [2.75, 3.05) is 79.3 Å². The van der Waals surface area contributed by atoms with Gasteiger partial charge in [-0.3, -0.25) is 19.6 Å². The fraction of sp³-hybridized carbons (Fsp3) is 0.378. The number of amides is 4. The molecule has 3 aliphatic rings. The number of nitrogens with one attached hydrogen (secondary N) is 1. The number of hydrogen-bond donors (Lipinski definition) is 2. The van der Waals surface area contributed by atoms with E-state index in [0.717, 1.165) is 31.2 Å². The van der Waals surface area contributed by atoms with E-state index in [1.54, 1.807) is 69.4 Å². The highest BCUT2D eigenvalue weighted by molar-refractivity contribution is 7.90. The first-order valence-corrected chi connectivity index (χ1v) is 23.5. The van der Waals surface area contributed by atoms with Crippen molar-refractivity contribution < 1.29 is 23.1 Å². The maximum Gasteiger partial charge on any atom is 0.330 e. The maximum absolute atomic E-state index is 13.5. The zero-order chi connectivity index (χ0) is 45.5. The molecule has 16 nitrogen and oxygen atoms in total. The first-order chi connectivity index (χ1) is 30.7. The van der Waals surface area contributed by atoms with Crippen molar-refractivity contribution in [3.8, 4) is 0 Å². The zero-order valence-electron chi connectivity index (χ0n) is 36.3. The molecule has 64 heavy (non-hydrogen) atoms. The summed E-state index contributed by atoms with van der Waals surface area (Å²) in [5, 5.41) is 13.8. The van der Waals surface area contributed by atoms with Crippen LogP contribution in [0.15, 0.2) is 96.4 Å². The summed E-state index contributed by atoms with van der Waals surface area (Å²) >= 11 is 12.7. The highest BCUT2D eigenvalue weighted by atomic mass is 35.5. The van der Waals surface area contributed by atoms with Gasteiger partial charge in [0.25, 0.3) is 0 Å². The lowest BCUT2D eigenvalue weighted by Crippen LogP contribution is -2.50. The first kappa shape index (κ1) is 46.6. The highest BCUT2D eigenvalue weighted by Gasteiger charge is 2.36. The van der Waals surface area contributed by atoms with Gasteiger partial charge in [0.2, 0.25) is 20.9 Å². The van der Waals surface area contributed by atoms with Crippen LogP contribution < -0.4 is 24.9 Å². The summed E-state index contributed by atoms with van der Waals surface area (Å²) in [7, 11) is 3.96. The minimum absolute atomic E-state index is 0.145. The lowest BCUT2D eigenvalue weighted by molar-refractivity contribution is 0.126. The van der Waals surface area contributed by atoms with Gasteiger partial charge in [0, 0.05) is 55.7 Å². The van der Waals surface area contributed by atoms with Gasteiger partial charge in [-0.1, -0.05) is 77.8 Å². The number of benzene rings is 3. The van der Waals surface area contributed by atoms with Gasteiger partial charge in [-0.05, 0) is 83.7 Å². The Bertz CT molecular complexity index is 2550. The summed E-state index contributed by atoms with van der Waals surface area (Å²) in [4.78, 5) is 55.1. The summed E-state index contributed by atoms with van der Waals surface area (Å²) in [6.45, 7) is 2.66. The van der Waals surface area contributed by atoms with Crippen LogP contribution in [-0.4, -0.2) is 122 Å². The van der Waals surface area contributed by atoms with Crippen LogP contribution in [0, 0.1) is 0 Å². The van der Waals surface area contributed by atoms with E-state index in [2.05, 4.69) is 20.3 Å². The summed E-state index contributed by atoms with van der Waals surface area (Å²) in [6.07, 6.45) is 6.39. The summed E-state index contributed by atoms with van der Waals surface area (Å²) in [5.41, 5.74) is 3.42. The Balaban J connectivity index is 0.000000192. The Labute approximate surface area is 384 Å². The first-order valence-electron chi connectivity index (χ1n) is 21.1. The molecular formula is C45H53Cl2N11O5S. The fourth-order valence-corrected chi connectivity index (χ4v) is 9.29.